The van der Waals surface area contributed by atoms with E-state index in [4.69, 9.17) is 16.6 Å². The van der Waals surface area contributed by atoms with Crippen molar-refractivity contribution in [3.8, 4) is 6.07 Å². The zero-order valence-corrected chi connectivity index (χ0v) is 10.7. The van der Waals surface area contributed by atoms with Crippen molar-refractivity contribution in [2.45, 2.75) is 25.3 Å². The van der Waals surface area contributed by atoms with Gasteiger partial charge in [-0.15, -0.1) is 0 Å². The number of carbonyl (C=O) groups excluding carboxylic acids is 1. The molecule has 5 N–H and O–H groups in total. The zero-order valence-electron chi connectivity index (χ0n) is 10.7. The van der Waals surface area contributed by atoms with Crippen molar-refractivity contribution < 1.29 is 14.7 Å². The van der Waals surface area contributed by atoms with Crippen LogP contribution in [-0.4, -0.2) is 26.8 Å². The maximum absolute atomic E-state index is 11.2. The van der Waals surface area contributed by atoms with Crippen LogP contribution >= 0.6 is 0 Å². The number of carboxylic acids is 1. The quantitative estimate of drug-likeness (QED) is 0.715. The summed E-state index contributed by atoms with van der Waals surface area (Å²) in [6.45, 7) is 0. The van der Waals surface area contributed by atoms with E-state index < -0.39 is 23.7 Å². The van der Waals surface area contributed by atoms with Gasteiger partial charge in [0.15, 0.2) is 5.82 Å². The lowest BCUT2D eigenvalue weighted by atomic mass is 9.79. The summed E-state index contributed by atoms with van der Waals surface area (Å²) in [6.07, 6.45) is 2.65. The van der Waals surface area contributed by atoms with Gasteiger partial charge < -0.3 is 16.6 Å². The van der Waals surface area contributed by atoms with Crippen molar-refractivity contribution in [1.82, 2.24) is 9.78 Å². The molecule has 1 heterocycles. The SMILES string of the molecule is N#CC1CC(C(=O)O)CCC1n1cc(C(N)=O)c(N)n1. The minimum Gasteiger partial charge on any atom is -0.481 e. The molecule has 1 amide bonds. The summed E-state index contributed by atoms with van der Waals surface area (Å²) >= 11 is 0. The molecule has 0 radical (unpaired) electrons. The summed E-state index contributed by atoms with van der Waals surface area (Å²) in [7, 11) is 0. The first-order valence-electron chi connectivity index (χ1n) is 6.21. The van der Waals surface area contributed by atoms with E-state index in [1.807, 2.05) is 0 Å². The first kappa shape index (κ1) is 13.9. The van der Waals surface area contributed by atoms with Gasteiger partial charge in [0.1, 0.15) is 5.56 Å². The van der Waals surface area contributed by atoms with Crippen LogP contribution in [0.4, 0.5) is 5.82 Å². The molecule has 0 spiro atoms. The highest BCUT2D eigenvalue weighted by atomic mass is 16.4. The maximum Gasteiger partial charge on any atom is 0.306 e. The minimum absolute atomic E-state index is 0.0227. The van der Waals surface area contributed by atoms with Gasteiger partial charge in [-0.1, -0.05) is 0 Å². The Morgan fingerprint density at radius 2 is 2.20 bits per heavy atom. The van der Waals surface area contributed by atoms with Crippen LogP contribution in [0.1, 0.15) is 35.7 Å². The number of nitriles is 1. The molecule has 1 aliphatic rings. The number of primary amides is 1. The summed E-state index contributed by atoms with van der Waals surface area (Å²) < 4.78 is 1.46. The number of hydrogen-bond donors (Lipinski definition) is 3. The molecule has 1 fully saturated rings. The maximum atomic E-state index is 11.2. The molecule has 1 aliphatic carbocycles. The first-order chi connectivity index (χ1) is 9.43. The second-order valence-electron chi connectivity index (χ2n) is 4.92. The normalized spacial score (nSPS) is 25.9. The van der Waals surface area contributed by atoms with E-state index >= 15 is 0 Å². The average molecular weight is 277 g/mol. The molecular weight excluding hydrogens is 262 g/mol. The molecule has 1 aromatic heterocycles. The number of nitrogen functional groups attached to an aromatic ring is 1. The average Bonchev–Trinajstić information content (AvgIpc) is 2.80. The number of anilines is 1. The fourth-order valence-electron chi connectivity index (χ4n) is 2.60. The predicted octanol–water partition coefficient (Wildman–Crippen LogP) is 0.130. The Morgan fingerprint density at radius 1 is 1.50 bits per heavy atom. The summed E-state index contributed by atoms with van der Waals surface area (Å²) in [4.78, 5) is 22.2. The number of rotatable bonds is 3. The molecule has 8 nitrogen and oxygen atoms in total. The summed E-state index contributed by atoms with van der Waals surface area (Å²) in [5.41, 5.74) is 10.9. The van der Waals surface area contributed by atoms with E-state index in [1.54, 1.807) is 0 Å². The number of nitrogens with two attached hydrogens (primary N) is 2. The number of aromatic nitrogens is 2. The highest BCUT2D eigenvalue weighted by Crippen LogP contribution is 2.37. The highest BCUT2D eigenvalue weighted by Gasteiger charge is 2.35. The molecule has 8 heteroatoms. The topological polar surface area (TPSA) is 148 Å². The Labute approximate surface area is 115 Å². The molecule has 2 rings (SSSR count). The Morgan fingerprint density at radius 3 is 2.70 bits per heavy atom. The Hall–Kier alpha value is -2.56. The molecule has 1 aromatic rings. The van der Waals surface area contributed by atoms with Crippen molar-refractivity contribution in [2.24, 2.45) is 17.6 Å². The van der Waals surface area contributed by atoms with E-state index in [9.17, 15) is 14.9 Å². The van der Waals surface area contributed by atoms with Gasteiger partial charge in [-0.2, -0.15) is 10.4 Å². The molecule has 3 atom stereocenters. The standard InChI is InChI=1S/C12H15N5O3/c13-4-7-3-6(12(19)20)1-2-9(7)17-5-8(11(15)18)10(14)16-17/h5-7,9H,1-3H2,(H2,14,16)(H2,15,18)(H,19,20). The highest BCUT2D eigenvalue weighted by molar-refractivity contribution is 5.96. The molecule has 20 heavy (non-hydrogen) atoms. The van der Waals surface area contributed by atoms with E-state index in [2.05, 4.69) is 11.2 Å². The zero-order chi connectivity index (χ0) is 14.9. The van der Waals surface area contributed by atoms with Gasteiger partial charge in [-0.05, 0) is 19.3 Å². The van der Waals surface area contributed by atoms with Crippen LogP contribution in [0.5, 0.6) is 0 Å². The van der Waals surface area contributed by atoms with Gasteiger partial charge in [-0.3, -0.25) is 14.3 Å². The first-order valence-corrected chi connectivity index (χ1v) is 6.21. The third-order valence-corrected chi connectivity index (χ3v) is 3.69. The molecule has 1 saturated carbocycles. The largest absolute Gasteiger partial charge is 0.481 e. The van der Waals surface area contributed by atoms with E-state index in [-0.39, 0.29) is 23.8 Å². The van der Waals surface area contributed by atoms with Crippen molar-refractivity contribution in [1.29, 1.82) is 5.26 Å². The van der Waals surface area contributed by atoms with E-state index in [1.165, 1.54) is 10.9 Å². The van der Waals surface area contributed by atoms with Crippen LogP contribution in [-0.2, 0) is 4.79 Å². The van der Waals surface area contributed by atoms with Crippen molar-refractivity contribution in [3.63, 3.8) is 0 Å². The van der Waals surface area contributed by atoms with Gasteiger partial charge in [0.05, 0.1) is 23.9 Å². The number of carboxylic acid groups (broad SMARTS) is 1. The Bertz CT molecular complexity index is 588. The molecule has 0 aliphatic heterocycles. The lowest BCUT2D eigenvalue weighted by Gasteiger charge is -2.30. The minimum atomic E-state index is -0.887. The number of aliphatic carboxylic acids is 1. The van der Waals surface area contributed by atoms with Crippen LogP contribution in [0.25, 0.3) is 0 Å². The fraction of sp³-hybridized carbons (Fsp3) is 0.500. The lowest BCUT2D eigenvalue weighted by Crippen LogP contribution is -2.30. The smallest absolute Gasteiger partial charge is 0.306 e. The van der Waals surface area contributed by atoms with Crippen molar-refractivity contribution in [2.75, 3.05) is 5.73 Å². The predicted molar refractivity (Wildman–Crippen MR) is 68.3 cm³/mol. The Kier molecular flexibility index (Phi) is 3.61. The van der Waals surface area contributed by atoms with Crippen molar-refractivity contribution in [3.05, 3.63) is 11.8 Å². The molecule has 0 aromatic carbocycles. The van der Waals surface area contributed by atoms with Crippen LogP contribution in [0.15, 0.2) is 6.20 Å². The number of nitrogens with zero attached hydrogens (tertiary/aromatic N) is 3. The molecule has 3 unspecified atom stereocenters. The lowest BCUT2D eigenvalue weighted by molar-refractivity contribution is -0.143. The Balaban J connectivity index is 2.25. The second kappa shape index (κ2) is 5.21. The van der Waals surface area contributed by atoms with Crippen LogP contribution in [0.3, 0.4) is 0 Å². The third-order valence-electron chi connectivity index (χ3n) is 3.69. The van der Waals surface area contributed by atoms with Crippen molar-refractivity contribution >= 4 is 17.7 Å². The molecule has 0 bridgehead atoms. The van der Waals surface area contributed by atoms with Gasteiger partial charge in [0.2, 0.25) is 0 Å². The summed E-state index contributed by atoms with van der Waals surface area (Å²) in [5.74, 6) is -2.54. The second-order valence-corrected chi connectivity index (χ2v) is 4.92. The number of carbonyl (C=O) groups is 2. The van der Waals surface area contributed by atoms with Gasteiger partial charge in [-0.25, -0.2) is 0 Å². The monoisotopic (exact) mass is 277 g/mol. The number of amides is 1. The van der Waals surface area contributed by atoms with Gasteiger partial charge >= 0.3 is 5.97 Å². The van der Waals surface area contributed by atoms with Crippen LogP contribution in [0.2, 0.25) is 0 Å². The van der Waals surface area contributed by atoms with E-state index in [0.717, 1.165) is 0 Å². The van der Waals surface area contributed by atoms with E-state index in [0.29, 0.717) is 12.8 Å². The van der Waals surface area contributed by atoms with Crippen LogP contribution in [0, 0.1) is 23.2 Å². The molecule has 0 saturated heterocycles. The van der Waals surface area contributed by atoms with Gasteiger partial charge in [0.25, 0.3) is 5.91 Å². The fourth-order valence-corrected chi connectivity index (χ4v) is 2.60. The number of hydrogen-bond acceptors (Lipinski definition) is 5. The summed E-state index contributed by atoms with van der Waals surface area (Å²) in [5, 5.41) is 22.2. The molecular formula is C12H15N5O3. The summed E-state index contributed by atoms with van der Waals surface area (Å²) in [6, 6.07) is 1.83. The molecule has 106 valence electrons. The van der Waals surface area contributed by atoms with Crippen LogP contribution < -0.4 is 11.5 Å². The third kappa shape index (κ3) is 2.42. The van der Waals surface area contributed by atoms with Gasteiger partial charge in [0, 0.05) is 6.20 Å².